The summed E-state index contributed by atoms with van der Waals surface area (Å²) in [6.45, 7) is 0.676. The number of aromatic nitrogens is 2. The Morgan fingerprint density at radius 2 is 2.12 bits per heavy atom. The van der Waals surface area contributed by atoms with Crippen molar-refractivity contribution < 1.29 is 4.79 Å². The van der Waals surface area contributed by atoms with Gasteiger partial charge in [0.15, 0.2) is 10.3 Å². The van der Waals surface area contributed by atoms with E-state index in [1.807, 2.05) is 0 Å². The first kappa shape index (κ1) is 13.0. The van der Waals surface area contributed by atoms with Gasteiger partial charge in [-0.1, -0.05) is 23.2 Å². The second-order valence-corrected chi connectivity index (χ2v) is 3.97. The van der Waals surface area contributed by atoms with Gasteiger partial charge in [-0.05, 0) is 12.8 Å². The Kier molecular flexibility index (Phi) is 5.28. The van der Waals surface area contributed by atoms with Crippen LogP contribution in [0.15, 0.2) is 6.07 Å². The van der Waals surface area contributed by atoms with E-state index < -0.39 is 0 Å². The quantitative estimate of drug-likeness (QED) is 0.767. The van der Waals surface area contributed by atoms with Gasteiger partial charge in [0.2, 0.25) is 5.91 Å². The molecule has 0 aliphatic heterocycles. The van der Waals surface area contributed by atoms with Gasteiger partial charge in [0.1, 0.15) is 0 Å². The molecule has 0 saturated carbocycles. The van der Waals surface area contributed by atoms with E-state index in [1.54, 1.807) is 6.07 Å². The van der Waals surface area contributed by atoms with Gasteiger partial charge in [-0.3, -0.25) is 4.79 Å². The van der Waals surface area contributed by atoms with Gasteiger partial charge >= 0.3 is 0 Å². The SMILES string of the molecule is NC(=O)CCCCNc1cc(Cl)nnc1Cl. The number of nitrogens with two attached hydrogens (primary N) is 1. The number of amides is 1. The minimum Gasteiger partial charge on any atom is -0.382 e. The van der Waals surface area contributed by atoms with Crippen LogP contribution in [0.25, 0.3) is 0 Å². The topological polar surface area (TPSA) is 80.9 Å². The lowest BCUT2D eigenvalue weighted by atomic mass is 10.2. The molecule has 0 atom stereocenters. The Bertz CT molecular complexity index is 373. The molecule has 0 aromatic carbocycles. The van der Waals surface area contributed by atoms with Crippen molar-refractivity contribution in [3.05, 3.63) is 16.4 Å². The van der Waals surface area contributed by atoms with Crippen LogP contribution in [-0.2, 0) is 4.79 Å². The number of rotatable bonds is 6. The van der Waals surface area contributed by atoms with E-state index in [9.17, 15) is 4.79 Å². The highest BCUT2D eigenvalue weighted by molar-refractivity contribution is 6.33. The van der Waals surface area contributed by atoms with Crippen LogP contribution >= 0.6 is 23.2 Å². The molecule has 88 valence electrons. The van der Waals surface area contributed by atoms with Gasteiger partial charge < -0.3 is 11.1 Å². The van der Waals surface area contributed by atoms with Crippen LogP contribution in [0.2, 0.25) is 10.3 Å². The zero-order chi connectivity index (χ0) is 12.0. The molecule has 0 aliphatic carbocycles. The minimum absolute atomic E-state index is 0.277. The molecule has 1 aromatic rings. The Morgan fingerprint density at radius 3 is 2.81 bits per heavy atom. The molecule has 16 heavy (non-hydrogen) atoms. The second-order valence-electron chi connectivity index (χ2n) is 3.22. The number of hydrogen-bond donors (Lipinski definition) is 2. The number of primary amides is 1. The summed E-state index contributed by atoms with van der Waals surface area (Å²) in [4.78, 5) is 10.5. The lowest BCUT2D eigenvalue weighted by molar-refractivity contribution is -0.118. The maximum atomic E-state index is 10.5. The fraction of sp³-hybridized carbons (Fsp3) is 0.444. The van der Waals surface area contributed by atoms with Crippen molar-refractivity contribution in [3.63, 3.8) is 0 Å². The molecule has 0 radical (unpaired) electrons. The largest absolute Gasteiger partial charge is 0.382 e. The standard InChI is InChI=1S/C9H12Cl2N4O/c10-7-5-6(9(11)15-14-7)13-4-2-1-3-8(12)16/h5H,1-4H2,(H2,12,16)(H,13,14). The predicted octanol–water partition coefficient (Wildman–Crippen LogP) is 1.85. The average molecular weight is 263 g/mol. The zero-order valence-corrected chi connectivity index (χ0v) is 10.1. The Morgan fingerprint density at radius 1 is 1.38 bits per heavy atom. The number of carbonyl (C=O) groups excluding carboxylic acids is 1. The number of nitrogens with one attached hydrogen (secondary N) is 1. The molecule has 7 heteroatoms. The first-order valence-corrected chi connectivity index (χ1v) is 5.56. The molecule has 0 bridgehead atoms. The van der Waals surface area contributed by atoms with Crippen LogP contribution in [0.1, 0.15) is 19.3 Å². The lowest BCUT2D eigenvalue weighted by Gasteiger charge is -2.06. The first-order valence-electron chi connectivity index (χ1n) is 4.80. The third-order valence-corrected chi connectivity index (χ3v) is 2.35. The molecule has 1 amide bonds. The van der Waals surface area contributed by atoms with Crippen LogP contribution < -0.4 is 11.1 Å². The second kappa shape index (κ2) is 6.50. The summed E-state index contributed by atoms with van der Waals surface area (Å²) in [5.41, 5.74) is 5.65. The van der Waals surface area contributed by atoms with E-state index in [-0.39, 0.29) is 16.2 Å². The van der Waals surface area contributed by atoms with Crippen LogP contribution in [0.5, 0.6) is 0 Å². The highest BCUT2D eigenvalue weighted by atomic mass is 35.5. The highest BCUT2D eigenvalue weighted by Gasteiger charge is 2.03. The third-order valence-electron chi connectivity index (χ3n) is 1.88. The van der Waals surface area contributed by atoms with Gasteiger partial charge in [-0.25, -0.2) is 0 Å². The predicted molar refractivity (Wildman–Crippen MR) is 63.6 cm³/mol. The van der Waals surface area contributed by atoms with Crippen molar-refractivity contribution in [2.75, 3.05) is 11.9 Å². The maximum Gasteiger partial charge on any atom is 0.217 e. The molecule has 1 aromatic heterocycles. The van der Waals surface area contributed by atoms with E-state index in [4.69, 9.17) is 28.9 Å². The molecule has 1 heterocycles. The average Bonchev–Trinajstić information content (AvgIpc) is 2.22. The number of unbranched alkanes of at least 4 members (excludes halogenated alkanes) is 1. The van der Waals surface area contributed by atoms with Gasteiger partial charge in [0.05, 0.1) is 5.69 Å². The molecule has 5 nitrogen and oxygen atoms in total. The summed E-state index contributed by atoms with van der Waals surface area (Å²) in [5, 5.41) is 10.9. The van der Waals surface area contributed by atoms with Crippen molar-refractivity contribution in [2.45, 2.75) is 19.3 Å². The number of halogens is 2. The molecule has 0 saturated heterocycles. The zero-order valence-electron chi connectivity index (χ0n) is 8.54. The van der Waals surface area contributed by atoms with Crippen LogP contribution in [-0.4, -0.2) is 22.6 Å². The van der Waals surface area contributed by atoms with Gasteiger partial charge in [0, 0.05) is 19.0 Å². The van der Waals surface area contributed by atoms with E-state index in [2.05, 4.69) is 15.5 Å². The van der Waals surface area contributed by atoms with Gasteiger partial charge in [-0.2, -0.15) is 0 Å². The molecule has 3 N–H and O–H groups in total. The molecule has 0 fully saturated rings. The van der Waals surface area contributed by atoms with Gasteiger partial charge in [0.25, 0.3) is 0 Å². The van der Waals surface area contributed by atoms with Crippen molar-refractivity contribution in [2.24, 2.45) is 5.73 Å². The third kappa shape index (κ3) is 4.63. The van der Waals surface area contributed by atoms with Crippen molar-refractivity contribution in [1.82, 2.24) is 10.2 Å². The number of anilines is 1. The lowest BCUT2D eigenvalue weighted by Crippen LogP contribution is -2.11. The summed E-state index contributed by atoms with van der Waals surface area (Å²) in [7, 11) is 0. The van der Waals surface area contributed by atoms with Crippen LogP contribution in [0.3, 0.4) is 0 Å². The van der Waals surface area contributed by atoms with Gasteiger partial charge in [-0.15, -0.1) is 10.2 Å². The Labute approximate surface area is 103 Å². The van der Waals surface area contributed by atoms with E-state index in [1.165, 1.54) is 0 Å². The number of carbonyl (C=O) groups is 1. The van der Waals surface area contributed by atoms with Crippen LogP contribution in [0, 0.1) is 0 Å². The van der Waals surface area contributed by atoms with E-state index >= 15 is 0 Å². The summed E-state index contributed by atoms with van der Waals surface area (Å²) in [6.07, 6.45) is 1.95. The summed E-state index contributed by atoms with van der Waals surface area (Å²) in [6, 6.07) is 1.60. The Hall–Kier alpha value is -1.07. The Balaban J connectivity index is 2.31. The van der Waals surface area contributed by atoms with Crippen molar-refractivity contribution in [1.29, 1.82) is 0 Å². The smallest absolute Gasteiger partial charge is 0.217 e. The van der Waals surface area contributed by atoms with Crippen LogP contribution in [0.4, 0.5) is 5.69 Å². The number of hydrogen-bond acceptors (Lipinski definition) is 4. The first-order chi connectivity index (χ1) is 7.59. The minimum atomic E-state index is -0.286. The highest BCUT2D eigenvalue weighted by Crippen LogP contribution is 2.20. The summed E-state index contributed by atoms with van der Waals surface area (Å²) in [5.74, 6) is -0.286. The summed E-state index contributed by atoms with van der Waals surface area (Å²) < 4.78 is 0. The molecule has 0 aliphatic rings. The normalized spacial score (nSPS) is 10.1. The molecular formula is C9H12Cl2N4O. The summed E-state index contributed by atoms with van der Waals surface area (Å²) >= 11 is 11.5. The molecule has 1 rings (SSSR count). The van der Waals surface area contributed by atoms with Crippen molar-refractivity contribution >= 4 is 34.8 Å². The fourth-order valence-electron chi connectivity index (χ4n) is 1.12. The van der Waals surface area contributed by atoms with Crippen molar-refractivity contribution in [3.8, 4) is 0 Å². The maximum absolute atomic E-state index is 10.5. The van der Waals surface area contributed by atoms with E-state index in [0.717, 1.165) is 12.8 Å². The molecular weight excluding hydrogens is 251 g/mol. The number of nitrogens with zero attached hydrogens (tertiary/aromatic N) is 2. The molecule has 0 unspecified atom stereocenters. The fourth-order valence-corrected chi connectivity index (χ4v) is 1.43. The monoisotopic (exact) mass is 262 g/mol. The van der Waals surface area contributed by atoms with E-state index in [0.29, 0.717) is 18.7 Å². The molecule has 0 spiro atoms.